The van der Waals surface area contributed by atoms with Gasteiger partial charge in [-0.1, -0.05) is 70.4 Å². The molecule has 0 amide bonds. The summed E-state index contributed by atoms with van der Waals surface area (Å²) in [6.45, 7) is 5.45. The van der Waals surface area contributed by atoms with Crippen LogP contribution in [-0.2, 0) is 4.79 Å². The van der Waals surface area contributed by atoms with Crippen molar-refractivity contribution in [3.05, 3.63) is 12.2 Å². The topological polar surface area (TPSA) is 63.8 Å². The summed E-state index contributed by atoms with van der Waals surface area (Å²) in [6.07, 6.45) is 22.8. The number of aliphatic carboxylic acids is 1. The average Bonchev–Trinajstić information content (AvgIpc) is 3.11. The lowest BCUT2D eigenvalue weighted by atomic mass is 10.1. The number of allylic oxidation sites excluding steroid dienone is 2. The summed E-state index contributed by atoms with van der Waals surface area (Å²) < 4.78 is 2.23. The molecule has 1 aliphatic rings. The predicted octanol–water partition coefficient (Wildman–Crippen LogP) is 5.22. The molecule has 0 spiro atoms. The maximum atomic E-state index is 10.9. The Morgan fingerprint density at radius 3 is 2.17 bits per heavy atom. The molecule has 0 atom stereocenters. The molecule has 0 fully saturated rings. The number of hydrogen-bond acceptors (Lipinski definition) is 3. The Balaban J connectivity index is 2.06. The molecule has 0 aromatic rings. The molecule has 0 radical (unpaired) electrons. The number of aliphatic hydroxyl groups excluding tert-OH is 1. The van der Waals surface area contributed by atoms with Gasteiger partial charge in [-0.25, -0.2) is 0 Å². The zero-order valence-electron chi connectivity index (χ0n) is 19.5. The third kappa shape index (κ3) is 13.0. The number of rotatable bonds is 20. The monoisotopic (exact) mass is 423 g/mol. The van der Waals surface area contributed by atoms with Gasteiger partial charge in [0.25, 0.3) is 0 Å². The maximum absolute atomic E-state index is 10.9. The molecule has 0 bridgehead atoms. The lowest BCUT2D eigenvalue weighted by Crippen LogP contribution is -2.32. The molecule has 0 saturated carbocycles. The highest BCUT2D eigenvalue weighted by Crippen LogP contribution is 2.13. The Kier molecular flexibility index (Phi) is 16.4. The van der Waals surface area contributed by atoms with E-state index in [1.807, 2.05) is 0 Å². The smallest absolute Gasteiger partial charge is 0.307 e. The summed E-state index contributed by atoms with van der Waals surface area (Å²) >= 11 is 0. The van der Waals surface area contributed by atoms with Crippen LogP contribution < -0.4 is 0 Å². The maximum Gasteiger partial charge on any atom is 0.307 e. The number of nitrogens with zero attached hydrogens (tertiary/aromatic N) is 2. The number of amidine groups is 1. The highest BCUT2D eigenvalue weighted by atomic mass is 16.4. The summed E-state index contributed by atoms with van der Waals surface area (Å²) in [5.41, 5.74) is 0. The molecule has 0 saturated heterocycles. The molecule has 0 aromatic carbocycles. The highest BCUT2D eigenvalue weighted by molar-refractivity contribution is 5.79. The Labute approximate surface area is 184 Å². The third-order valence-electron chi connectivity index (χ3n) is 6.00. The second kappa shape index (κ2) is 18.4. The van der Waals surface area contributed by atoms with Crippen LogP contribution in [0, 0.1) is 0 Å². The molecule has 1 heterocycles. The highest BCUT2D eigenvalue weighted by Gasteiger charge is 2.29. The molecule has 5 heteroatoms. The first-order valence-corrected chi connectivity index (χ1v) is 12.5. The number of aliphatic hydroxyl groups is 1. The summed E-state index contributed by atoms with van der Waals surface area (Å²) in [7, 11) is 0. The second-order valence-electron chi connectivity index (χ2n) is 8.59. The van der Waals surface area contributed by atoms with E-state index in [9.17, 15) is 9.90 Å². The minimum Gasteiger partial charge on any atom is -0.481 e. The largest absolute Gasteiger partial charge is 0.481 e. The molecular weight excluding hydrogens is 376 g/mol. The number of β-amino-alcohol motifs (C(OH)–C–C–N with tert-alkyl or cyclic N) is 1. The van der Waals surface area contributed by atoms with Crippen molar-refractivity contribution in [2.75, 3.05) is 32.8 Å². The van der Waals surface area contributed by atoms with Gasteiger partial charge >= 0.3 is 5.97 Å². The Bertz CT molecular complexity index is 503. The quantitative estimate of drug-likeness (QED) is 0.160. The fraction of sp³-hybridized carbons (Fsp3) is 0.840. The van der Waals surface area contributed by atoms with E-state index >= 15 is 0 Å². The number of hydrogen-bond donors (Lipinski definition) is 2. The number of carboxylic acids is 1. The van der Waals surface area contributed by atoms with Crippen LogP contribution in [0.4, 0.5) is 0 Å². The standard InChI is InChI=1S/C25H46N2O3/c1-2-3-4-5-6-7-8-9-10-11-12-13-14-15-16-17-24-26(19-18-25(29)30)20-21-27(24)22-23-28/h9-10,28H,2-8,11-23H2,1H3/p+1/b10-9+. The van der Waals surface area contributed by atoms with Crippen LogP contribution in [0.25, 0.3) is 0 Å². The van der Waals surface area contributed by atoms with Crippen molar-refractivity contribution < 1.29 is 19.6 Å². The lowest BCUT2D eigenvalue weighted by molar-refractivity contribution is -0.521. The third-order valence-corrected chi connectivity index (χ3v) is 6.00. The number of carbonyl (C=O) groups is 1. The Morgan fingerprint density at radius 2 is 1.57 bits per heavy atom. The van der Waals surface area contributed by atoms with Gasteiger partial charge in [0.1, 0.15) is 19.6 Å². The lowest BCUT2D eigenvalue weighted by Gasteiger charge is -2.12. The van der Waals surface area contributed by atoms with Gasteiger partial charge in [-0.05, 0) is 32.1 Å². The molecule has 1 aliphatic heterocycles. The van der Waals surface area contributed by atoms with Crippen molar-refractivity contribution in [1.82, 2.24) is 4.90 Å². The first-order valence-electron chi connectivity index (χ1n) is 12.5. The van der Waals surface area contributed by atoms with Gasteiger partial charge in [-0.3, -0.25) is 14.3 Å². The van der Waals surface area contributed by atoms with E-state index in [4.69, 9.17) is 5.11 Å². The van der Waals surface area contributed by atoms with Crippen LogP contribution in [-0.4, -0.2) is 64.3 Å². The van der Waals surface area contributed by atoms with E-state index in [1.165, 1.54) is 82.9 Å². The molecule has 0 aromatic heterocycles. The van der Waals surface area contributed by atoms with Gasteiger partial charge in [-0.2, -0.15) is 0 Å². The van der Waals surface area contributed by atoms with E-state index in [-0.39, 0.29) is 13.0 Å². The summed E-state index contributed by atoms with van der Waals surface area (Å²) in [6, 6.07) is 0. The summed E-state index contributed by atoms with van der Waals surface area (Å²) in [5, 5.41) is 18.2. The van der Waals surface area contributed by atoms with E-state index in [0.29, 0.717) is 13.1 Å². The molecule has 1 rings (SSSR count). The number of carboxylic acid groups (broad SMARTS) is 1. The van der Waals surface area contributed by atoms with Gasteiger partial charge in [0, 0.05) is 6.42 Å². The van der Waals surface area contributed by atoms with Crippen LogP contribution in [0.1, 0.15) is 103 Å². The van der Waals surface area contributed by atoms with Crippen LogP contribution >= 0.6 is 0 Å². The zero-order valence-corrected chi connectivity index (χ0v) is 19.5. The fourth-order valence-electron chi connectivity index (χ4n) is 4.20. The van der Waals surface area contributed by atoms with E-state index in [0.717, 1.165) is 25.9 Å². The predicted molar refractivity (Wildman–Crippen MR) is 125 cm³/mol. The number of unbranched alkanes of at least 4 members (excludes halogenated alkanes) is 11. The van der Waals surface area contributed by atoms with Crippen LogP contribution in [0.2, 0.25) is 0 Å². The van der Waals surface area contributed by atoms with E-state index in [1.54, 1.807) is 0 Å². The Hall–Kier alpha value is -1.36. The van der Waals surface area contributed by atoms with Crippen molar-refractivity contribution in [3.63, 3.8) is 0 Å². The SMILES string of the molecule is CCCCCCCC/C=C/CCCCCCCC1=[N+](CCO)CCN1CCC(=O)O. The average molecular weight is 424 g/mol. The van der Waals surface area contributed by atoms with Crippen molar-refractivity contribution >= 4 is 11.8 Å². The van der Waals surface area contributed by atoms with Crippen LogP contribution in [0.3, 0.4) is 0 Å². The van der Waals surface area contributed by atoms with Gasteiger partial charge in [0.15, 0.2) is 0 Å². The van der Waals surface area contributed by atoms with Crippen molar-refractivity contribution in [1.29, 1.82) is 0 Å². The van der Waals surface area contributed by atoms with E-state index in [2.05, 4.69) is 28.6 Å². The van der Waals surface area contributed by atoms with Crippen molar-refractivity contribution in [2.45, 2.75) is 103 Å². The van der Waals surface area contributed by atoms with Crippen LogP contribution in [0.15, 0.2) is 12.2 Å². The van der Waals surface area contributed by atoms with Gasteiger partial charge in [0.05, 0.1) is 19.6 Å². The first kappa shape index (κ1) is 26.7. The minimum atomic E-state index is -0.740. The molecular formula is C25H47N2O3+. The summed E-state index contributed by atoms with van der Waals surface area (Å²) in [5.74, 6) is 0.499. The Morgan fingerprint density at radius 1 is 0.967 bits per heavy atom. The molecule has 5 nitrogen and oxygen atoms in total. The van der Waals surface area contributed by atoms with Gasteiger partial charge in [-0.15, -0.1) is 0 Å². The molecule has 2 N–H and O–H groups in total. The minimum absolute atomic E-state index is 0.155. The molecule has 0 aliphatic carbocycles. The second-order valence-corrected chi connectivity index (χ2v) is 8.59. The van der Waals surface area contributed by atoms with Crippen molar-refractivity contribution in [2.24, 2.45) is 0 Å². The molecule has 30 heavy (non-hydrogen) atoms. The summed E-state index contributed by atoms with van der Waals surface area (Å²) in [4.78, 5) is 13.1. The fourth-order valence-corrected chi connectivity index (χ4v) is 4.20. The van der Waals surface area contributed by atoms with Gasteiger partial charge < -0.3 is 10.2 Å². The van der Waals surface area contributed by atoms with Crippen LogP contribution in [0.5, 0.6) is 0 Å². The van der Waals surface area contributed by atoms with E-state index < -0.39 is 5.97 Å². The van der Waals surface area contributed by atoms with Gasteiger partial charge in [0.2, 0.25) is 5.84 Å². The molecule has 0 unspecified atom stereocenters. The first-order chi connectivity index (χ1) is 14.7. The van der Waals surface area contributed by atoms with Crippen molar-refractivity contribution in [3.8, 4) is 0 Å². The normalized spacial score (nSPS) is 14.4. The zero-order chi connectivity index (χ0) is 21.9. The molecule has 174 valence electrons.